The highest BCUT2D eigenvalue weighted by Crippen LogP contribution is 2.42. The minimum Gasteiger partial charge on any atom is -0.466 e. The van der Waals surface area contributed by atoms with E-state index in [2.05, 4.69) is 23.2 Å². The zero-order valence-corrected chi connectivity index (χ0v) is 13.9. The quantitative estimate of drug-likeness (QED) is 0.882. The minimum atomic E-state index is -0.198. The number of hydrogen-bond acceptors (Lipinski definition) is 3. The van der Waals surface area contributed by atoms with Crippen molar-refractivity contribution in [3.8, 4) is 0 Å². The molecule has 1 fully saturated rings. The lowest BCUT2D eigenvalue weighted by Crippen LogP contribution is -2.45. The van der Waals surface area contributed by atoms with E-state index in [9.17, 15) is 9.59 Å². The van der Waals surface area contributed by atoms with Crippen molar-refractivity contribution in [3.63, 3.8) is 0 Å². The molecule has 0 bridgehead atoms. The molecular weight excluding hydrogens is 304 g/mol. The van der Waals surface area contributed by atoms with Gasteiger partial charge in [0.1, 0.15) is 0 Å². The number of amides is 1. The number of hydrogen-bond donors (Lipinski definition) is 1. The number of carbonyl (C=O) groups excluding carboxylic acids is 2. The van der Waals surface area contributed by atoms with Gasteiger partial charge in [-0.3, -0.25) is 9.59 Å². The van der Waals surface area contributed by atoms with Gasteiger partial charge in [0, 0.05) is 36.0 Å². The topological polar surface area (TPSA) is 62.4 Å². The fraction of sp³-hybridized carbons (Fsp3) is 0.474. The van der Waals surface area contributed by atoms with Crippen molar-refractivity contribution >= 4 is 22.8 Å². The lowest BCUT2D eigenvalue weighted by Gasteiger charge is -2.42. The highest BCUT2D eigenvalue weighted by molar-refractivity contribution is 5.86. The Hall–Kier alpha value is -2.30. The maximum absolute atomic E-state index is 12.6. The molecule has 5 heteroatoms. The molecule has 126 valence electrons. The zero-order valence-electron chi connectivity index (χ0n) is 13.9. The van der Waals surface area contributed by atoms with Gasteiger partial charge in [0.2, 0.25) is 5.91 Å². The number of H-pyrrole nitrogens is 1. The van der Waals surface area contributed by atoms with Crippen LogP contribution in [0.1, 0.15) is 43.5 Å². The van der Waals surface area contributed by atoms with Crippen molar-refractivity contribution in [2.24, 2.45) is 5.92 Å². The van der Waals surface area contributed by atoms with Crippen molar-refractivity contribution in [1.82, 2.24) is 9.88 Å². The molecule has 2 aromatic rings. The van der Waals surface area contributed by atoms with Gasteiger partial charge in [-0.2, -0.15) is 0 Å². The monoisotopic (exact) mass is 326 g/mol. The molecule has 3 heterocycles. The van der Waals surface area contributed by atoms with Crippen LogP contribution in [0.3, 0.4) is 0 Å². The van der Waals surface area contributed by atoms with Crippen LogP contribution in [-0.4, -0.2) is 34.9 Å². The smallest absolute Gasteiger partial charge is 0.306 e. The van der Waals surface area contributed by atoms with Crippen LogP contribution in [-0.2, 0) is 20.7 Å². The summed E-state index contributed by atoms with van der Waals surface area (Å²) < 4.78 is 5.06. The molecule has 2 aliphatic heterocycles. The zero-order chi connectivity index (χ0) is 16.7. The number of esters is 1. The number of rotatable bonds is 3. The molecule has 0 saturated carbocycles. The molecule has 1 saturated heterocycles. The van der Waals surface area contributed by atoms with Crippen molar-refractivity contribution in [2.45, 2.75) is 38.6 Å². The predicted octanol–water partition coefficient (Wildman–Crippen LogP) is 2.96. The number of carbonyl (C=O) groups is 2. The van der Waals surface area contributed by atoms with Crippen molar-refractivity contribution in [2.75, 3.05) is 13.2 Å². The second kappa shape index (κ2) is 5.96. The van der Waals surface area contributed by atoms with Gasteiger partial charge in [-0.1, -0.05) is 18.2 Å². The lowest BCUT2D eigenvalue weighted by atomic mass is 9.83. The first kappa shape index (κ1) is 15.2. The summed E-state index contributed by atoms with van der Waals surface area (Å²) in [5.74, 6) is 0.0245. The fourth-order valence-electron chi connectivity index (χ4n) is 4.24. The van der Waals surface area contributed by atoms with E-state index in [4.69, 9.17) is 4.74 Å². The number of para-hydroxylation sites is 1. The largest absolute Gasteiger partial charge is 0.466 e. The number of ether oxygens (including phenoxy) is 1. The van der Waals surface area contributed by atoms with Gasteiger partial charge < -0.3 is 14.6 Å². The molecule has 2 atom stereocenters. The SMILES string of the molecule is CCOC(=O)CC1CC(=O)N2CCc3c([nH]c4ccccc34)[C@@H]2C1. The van der Waals surface area contributed by atoms with Gasteiger partial charge in [-0.05, 0) is 37.3 Å². The normalized spacial score (nSPS) is 23.0. The molecule has 1 unspecified atom stereocenters. The number of nitrogens with one attached hydrogen (secondary N) is 1. The summed E-state index contributed by atoms with van der Waals surface area (Å²) in [6, 6.07) is 8.36. The van der Waals surface area contributed by atoms with Crippen LogP contribution in [0.2, 0.25) is 0 Å². The average molecular weight is 326 g/mol. The molecule has 2 aliphatic rings. The molecule has 1 aromatic carbocycles. The van der Waals surface area contributed by atoms with E-state index in [-0.39, 0.29) is 23.8 Å². The fourth-order valence-corrected chi connectivity index (χ4v) is 4.24. The summed E-state index contributed by atoms with van der Waals surface area (Å²) in [5, 5.41) is 1.26. The lowest BCUT2D eigenvalue weighted by molar-refractivity contribution is -0.147. The first-order chi connectivity index (χ1) is 11.7. The van der Waals surface area contributed by atoms with E-state index < -0.39 is 0 Å². The van der Waals surface area contributed by atoms with Crippen molar-refractivity contribution < 1.29 is 14.3 Å². The first-order valence-electron chi connectivity index (χ1n) is 8.72. The van der Waals surface area contributed by atoms with Crippen LogP contribution in [0, 0.1) is 5.92 Å². The highest BCUT2D eigenvalue weighted by Gasteiger charge is 2.40. The summed E-state index contributed by atoms with van der Waals surface area (Å²) in [6.45, 7) is 2.97. The molecule has 1 N–H and O–H groups in total. The third-order valence-electron chi connectivity index (χ3n) is 5.26. The van der Waals surface area contributed by atoms with Gasteiger partial charge in [-0.25, -0.2) is 0 Å². The number of aromatic nitrogens is 1. The second-order valence-electron chi connectivity index (χ2n) is 6.73. The Bertz CT molecular complexity index is 795. The van der Waals surface area contributed by atoms with Crippen LogP contribution >= 0.6 is 0 Å². The number of benzene rings is 1. The summed E-state index contributed by atoms with van der Waals surface area (Å²) >= 11 is 0. The van der Waals surface area contributed by atoms with Gasteiger partial charge in [0.25, 0.3) is 0 Å². The van der Waals surface area contributed by atoms with E-state index >= 15 is 0 Å². The first-order valence-corrected chi connectivity index (χ1v) is 8.72. The van der Waals surface area contributed by atoms with Crippen LogP contribution in [0.5, 0.6) is 0 Å². The van der Waals surface area contributed by atoms with Crippen LogP contribution < -0.4 is 0 Å². The molecule has 0 radical (unpaired) electrons. The maximum Gasteiger partial charge on any atom is 0.306 e. The molecular formula is C19H22N2O3. The summed E-state index contributed by atoms with van der Waals surface area (Å²) in [6.07, 6.45) is 2.50. The number of aromatic amines is 1. The number of nitrogens with zero attached hydrogens (tertiary/aromatic N) is 1. The van der Waals surface area contributed by atoms with Gasteiger partial charge in [0.15, 0.2) is 0 Å². The Balaban J connectivity index is 1.64. The highest BCUT2D eigenvalue weighted by atomic mass is 16.5. The summed E-state index contributed by atoms with van der Waals surface area (Å²) in [7, 11) is 0. The van der Waals surface area contributed by atoms with E-state index in [1.54, 1.807) is 0 Å². The van der Waals surface area contributed by atoms with E-state index in [1.165, 1.54) is 10.9 Å². The Morgan fingerprint density at radius 2 is 2.21 bits per heavy atom. The van der Waals surface area contributed by atoms with E-state index in [0.29, 0.717) is 19.4 Å². The predicted molar refractivity (Wildman–Crippen MR) is 90.4 cm³/mol. The minimum absolute atomic E-state index is 0.0572. The van der Waals surface area contributed by atoms with E-state index in [1.807, 2.05) is 17.9 Å². The summed E-state index contributed by atoms with van der Waals surface area (Å²) in [4.78, 5) is 29.9. The van der Waals surface area contributed by atoms with Crippen molar-refractivity contribution in [3.05, 3.63) is 35.5 Å². The molecule has 1 aromatic heterocycles. The molecule has 4 rings (SSSR count). The molecule has 24 heavy (non-hydrogen) atoms. The Morgan fingerprint density at radius 3 is 3.04 bits per heavy atom. The van der Waals surface area contributed by atoms with Gasteiger partial charge in [-0.15, -0.1) is 0 Å². The Kier molecular flexibility index (Phi) is 3.79. The van der Waals surface area contributed by atoms with Gasteiger partial charge >= 0.3 is 5.97 Å². The molecule has 0 spiro atoms. The van der Waals surface area contributed by atoms with Crippen LogP contribution in [0.15, 0.2) is 24.3 Å². The maximum atomic E-state index is 12.6. The molecule has 5 nitrogen and oxygen atoms in total. The number of piperidine rings is 1. The van der Waals surface area contributed by atoms with Crippen LogP contribution in [0.25, 0.3) is 10.9 Å². The Morgan fingerprint density at radius 1 is 1.38 bits per heavy atom. The van der Waals surface area contributed by atoms with E-state index in [0.717, 1.165) is 30.6 Å². The second-order valence-corrected chi connectivity index (χ2v) is 6.73. The summed E-state index contributed by atoms with van der Waals surface area (Å²) in [5.41, 5.74) is 3.62. The third kappa shape index (κ3) is 2.48. The van der Waals surface area contributed by atoms with Gasteiger partial charge in [0.05, 0.1) is 12.6 Å². The molecule has 0 aliphatic carbocycles. The Labute approximate surface area is 141 Å². The van der Waals surface area contributed by atoms with Crippen molar-refractivity contribution in [1.29, 1.82) is 0 Å². The number of fused-ring (bicyclic) bond motifs is 5. The third-order valence-corrected chi connectivity index (χ3v) is 5.26. The average Bonchev–Trinajstić information content (AvgIpc) is 2.94. The van der Waals surface area contributed by atoms with Crippen LogP contribution in [0.4, 0.5) is 0 Å². The standard InChI is InChI=1S/C19H22N2O3/c1-2-24-18(23)11-12-9-16-19-14(7-8-21(16)17(22)10-12)13-5-3-4-6-15(13)20-19/h3-6,12,16,20H,2,7-11H2,1H3/t12?,16-/m0/s1. The molecule has 1 amide bonds.